The highest BCUT2D eigenvalue weighted by Crippen LogP contribution is 2.30. The molecule has 20 heavy (non-hydrogen) atoms. The fraction of sp³-hybridized carbons (Fsp3) is 0.462. The van der Waals surface area contributed by atoms with Crippen molar-refractivity contribution in [2.45, 2.75) is 31.7 Å². The Morgan fingerprint density at radius 2 is 2.25 bits per heavy atom. The molecular weight excluding hydrogens is 296 g/mol. The maximum absolute atomic E-state index is 12.4. The molecule has 2 heterocycles. The molecule has 1 atom stereocenters. The van der Waals surface area contributed by atoms with Gasteiger partial charge in [-0.2, -0.15) is 8.75 Å². The normalized spacial score (nSPS) is 19.8. The second-order valence-electron chi connectivity index (χ2n) is 4.90. The SMILES string of the molecule is O=C(Nc1c(Cl)ccc2nsnc12)C1CCCCCN1. The summed E-state index contributed by atoms with van der Waals surface area (Å²) in [4.78, 5) is 12.4. The molecule has 1 aliphatic rings. The highest BCUT2D eigenvalue weighted by Gasteiger charge is 2.21. The number of hydrogen-bond donors (Lipinski definition) is 2. The van der Waals surface area contributed by atoms with E-state index in [1.807, 2.05) is 0 Å². The zero-order chi connectivity index (χ0) is 13.9. The fourth-order valence-electron chi connectivity index (χ4n) is 2.41. The van der Waals surface area contributed by atoms with Gasteiger partial charge in [0, 0.05) is 0 Å². The van der Waals surface area contributed by atoms with Gasteiger partial charge in [0.1, 0.15) is 11.0 Å². The first-order valence-corrected chi connectivity index (χ1v) is 7.81. The number of amides is 1. The molecule has 1 aromatic heterocycles. The summed E-state index contributed by atoms with van der Waals surface area (Å²) in [5, 5.41) is 6.67. The summed E-state index contributed by atoms with van der Waals surface area (Å²) >= 11 is 7.29. The Kier molecular flexibility index (Phi) is 4.14. The molecule has 7 heteroatoms. The molecule has 106 valence electrons. The van der Waals surface area contributed by atoms with E-state index in [9.17, 15) is 4.79 Å². The smallest absolute Gasteiger partial charge is 0.241 e. The van der Waals surface area contributed by atoms with E-state index in [1.165, 1.54) is 6.42 Å². The Hall–Kier alpha value is -1.24. The first kappa shape index (κ1) is 13.7. The average Bonchev–Trinajstić information content (AvgIpc) is 2.75. The van der Waals surface area contributed by atoms with Crippen LogP contribution < -0.4 is 10.6 Å². The summed E-state index contributed by atoms with van der Waals surface area (Å²) in [6.07, 6.45) is 4.22. The van der Waals surface area contributed by atoms with Gasteiger partial charge >= 0.3 is 0 Å². The summed E-state index contributed by atoms with van der Waals surface area (Å²) in [5.41, 5.74) is 1.97. The molecule has 1 amide bonds. The molecule has 5 nitrogen and oxygen atoms in total. The molecule has 0 aliphatic carbocycles. The van der Waals surface area contributed by atoms with Gasteiger partial charge in [-0.3, -0.25) is 4.79 Å². The predicted molar refractivity (Wildman–Crippen MR) is 81.3 cm³/mol. The van der Waals surface area contributed by atoms with Crippen molar-refractivity contribution in [3.05, 3.63) is 17.2 Å². The van der Waals surface area contributed by atoms with Crippen LogP contribution in [0.15, 0.2) is 12.1 Å². The number of benzene rings is 1. The van der Waals surface area contributed by atoms with Gasteiger partial charge in [-0.15, -0.1) is 0 Å². The molecular formula is C13H15ClN4OS. The lowest BCUT2D eigenvalue weighted by atomic mass is 10.1. The molecule has 2 aromatic rings. The fourth-order valence-corrected chi connectivity index (χ4v) is 3.15. The third-order valence-electron chi connectivity index (χ3n) is 3.50. The lowest BCUT2D eigenvalue weighted by Crippen LogP contribution is -2.39. The zero-order valence-electron chi connectivity index (χ0n) is 10.9. The monoisotopic (exact) mass is 310 g/mol. The number of nitrogens with one attached hydrogen (secondary N) is 2. The Labute approximate surface area is 126 Å². The largest absolute Gasteiger partial charge is 0.322 e. The van der Waals surface area contributed by atoms with Crippen molar-refractivity contribution in [1.29, 1.82) is 0 Å². The second kappa shape index (κ2) is 6.03. The van der Waals surface area contributed by atoms with E-state index in [1.54, 1.807) is 12.1 Å². The minimum Gasteiger partial charge on any atom is -0.322 e. The van der Waals surface area contributed by atoms with Crippen LogP contribution in [0.25, 0.3) is 11.0 Å². The highest BCUT2D eigenvalue weighted by atomic mass is 35.5. The van der Waals surface area contributed by atoms with Crippen molar-refractivity contribution in [1.82, 2.24) is 14.1 Å². The minimum absolute atomic E-state index is 0.0469. The van der Waals surface area contributed by atoms with Gasteiger partial charge in [-0.25, -0.2) is 0 Å². The number of rotatable bonds is 2. The van der Waals surface area contributed by atoms with Crippen LogP contribution in [0, 0.1) is 0 Å². The number of fused-ring (bicyclic) bond motifs is 1. The maximum Gasteiger partial charge on any atom is 0.241 e. The first-order chi connectivity index (χ1) is 9.75. The molecule has 0 spiro atoms. The van der Waals surface area contributed by atoms with Gasteiger partial charge in [-0.1, -0.05) is 24.4 Å². The van der Waals surface area contributed by atoms with Crippen LogP contribution >= 0.6 is 23.3 Å². The second-order valence-corrected chi connectivity index (χ2v) is 5.84. The van der Waals surface area contributed by atoms with Crippen LogP contribution in [0.3, 0.4) is 0 Å². The molecule has 1 aliphatic heterocycles. The number of hydrogen-bond acceptors (Lipinski definition) is 5. The number of carbonyl (C=O) groups is 1. The average molecular weight is 311 g/mol. The standard InChI is InChI=1S/C13H15ClN4OS/c14-8-5-6-9-12(18-20-17-9)11(8)16-13(19)10-4-2-1-3-7-15-10/h5-6,10,15H,1-4,7H2,(H,16,19). The van der Waals surface area contributed by atoms with Crippen molar-refractivity contribution in [3.63, 3.8) is 0 Å². The van der Waals surface area contributed by atoms with E-state index < -0.39 is 0 Å². The molecule has 2 N–H and O–H groups in total. The summed E-state index contributed by atoms with van der Waals surface area (Å²) < 4.78 is 8.37. The highest BCUT2D eigenvalue weighted by molar-refractivity contribution is 7.00. The molecule has 3 rings (SSSR count). The van der Waals surface area contributed by atoms with E-state index >= 15 is 0 Å². The topological polar surface area (TPSA) is 66.9 Å². The van der Waals surface area contributed by atoms with Crippen LogP contribution in [0.1, 0.15) is 25.7 Å². The summed E-state index contributed by atoms with van der Waals surface area (Å²) in [6, 6.07) is 3.39. The van der Waals surface area contributed by atoms with Crippen LogP contribution in [0.5, 0.6) is 0 Å². The Morgan fingerprint density at radius 1 is 1.35 bits per heavy atom. The quantitative estimate of drug-likeness (QED) is 0.895. The lowest BCUT2D eigenvalue weighted by molar-refractivity contribution is -0.118. The maximum atomic E-state index is 12.4. The van der Waals surface area contributed by atoms with E-state index in [0.717, 1.165) is 43.1 Å². The lowest BCUT2D eigenvalue weighted by Gasteiger charge is -2.16. The summed E-state index contributed by atoms with van der Waals surface area (Å²) in [5.74, 6) is -0.0469. The number of halogens is 1. The van der Waals surface area contributed by atoms with Crippen molar-refractivity contribution < 1.29 is 4.79 Å². The summed E-state index contributed by atoms with van der Waals surface area (Å²) in [7, 11) is 0. The van der Waals surface area contributed by atoms with Crippen LogP contribution in [-0.4, -0.2) is 27.2 Å². The van der Waals surface area contributed by atoms with Crippen molar-refractivity contribution in [3.8, 4) is 0 Å². The van der Waals surface area contributed by atoms with Crippen LogP contribution in [0.4, 0.5) is 5.69 Å². The Bertz CT molecular complexity index is 622. The van der Waals surface area contributed by atoms with Gasteiger partial charge in [0.25, 0.3) is 0 Å². The predicted octanol–water partition coefficient (Wildman–Crippen LogP) is 2.82. The van der Waals surface area contributed by atoms with Crippen molar-refractivity contribution in [2.24, 2.45) is 0 Å². The number of nitrogens with zero attached hydrogens (tertiary/aromatic N) is 2. The molecule has 1 unspecified atom stereocenters. The number of aromatic nitrogens is 2. The molecule has 1 aromatic carbocycles. The van der Waals surface area contributed by atoms with E-state index in [4.69, 9.17) is 11.6 Å². The Balaban J connectivity index is 1.83. The molecule has 0 bridgehead atoms. The van der Waals surface area contributed by atoms with Crippen LogP contribution in [0.2, 0.25) is 5.02 Å². The van der Waals surface area contributed by atoms with Crippen molar-refractivity contribution in [2.75, 3.05) is 11.9 Å². The van der Waals surface area contributed by atoms with E-state index in [0.29, 0.717) is 16.2 Å². The van der Waals surface area contributed by atoms with Crippen LogP contribution in [-0.2, 0) is 4.79 Å². The zero-order valence-corrected chi connectivity index (χ0v) is 12.4. The van der Waals surface area contributed by atoms with Gasteiger partial charge in [0.05, 0.1) is 28.5 Å². The summed E-state index contributed by atoms with van der Waals surface area (Å²) in [6.45, 7) is 0.883. The third-order valence-corrected chi connectivity index (χ3v) is 4.36. The molecule has 0 saturated carbocycles. The van der Waals surface area contributed by atoms with Crippen molar-refractivity contribution >= 4 is 46.0 Å². The van der Waals surface area contributed by atoms with Gasteiger partial charge < -0.3 is 10.6 Å². The number of anilines is 1. The van der Waals surface area contributed by atoms with E-state index in [-0.39, 0.29) is 11.9 Å². The molecule has 1 fully saturated rings. The van der Waals surface area contributed by atoms with Gasteiger partial charge in [-0.05, 0) is 31.5 Å². The first-order valence-electron chi connectivity index (χ1n) is 6.71. The molecule has 0 radical (unpaired) electrons. The van der Waals surface area contributed by atoms with Gasteiger partial charge in [0.15, 0.2) is 0 Å². The number of carbonyl (C=O) groups excluding carboxylic acids is 1. The third kappa shape index (κ3) is 2.77. The molecule has 1 saturated heterocycles. The van der Waals surface area contributed by atoms with Gasteiger partial charge in [0.2, 0.25) is 5.91 Å². The van der Waals surface area contributed by atoms with E-state index in [2.05, 4.69) is 19.4 Å². The minimum atomic E-state index is -0.157. The Morgan fingerprint density at radius 3 is 3.15 bits per heavy atom.